The Morgan fingerprint density at radius 2 is 0.902 bits per heavy atom. The van der Waals surface area contributed by atoms with Crippen molar-refractivity contribution in [3.8, 4) is 22.3 Å². The Hall–Kier alpha value is -5.54. The smallest absolute Gasteiger partial charge is 0.135 e. The monoisotopic (exact) mass is 522 g/mol. The molecule has 0 saturated carbocycles. The molecule has 0 atom stereocenters. The molecule has 3 heteroatoms. The van der Waals surface area contributed by atoms with Gasteiger partial charge in [-0.05, 0) is 68.1 Å². The van der Waals surface area contributed by atoms with Crippen LogP contribution in [0.15, 0.2) is 138 Å². The summed E-state index contributed by atoms with van der Waals surface area (Å²) >= 11 is 0. The maximum atomic E-state index is 6.09. The maximum Gasteiger partial charge on any atom is 0.135 e. The van der Waals surface area contributed by atoms with Gasteiger partial charge in [0.1, 0.15) is 11.2 Å². The van der Waals surface area contributed by atoms with Crippen molar-refractivity contribution in [2.45, 2.75) is 0 Å². The van der Waals surface area contributed by atoms with E-state index < -0.39 is 0 Å². The van der Waals surface area contributed by atoms with Crippen LogP contribution in [0.25, 0.3) is 87.5 Å². The second-order valence-electron chi connectivity index (χ2n) is 10.6. The highest BCUT2D eigenvalue weighted by Crippen LogP contribution is 2.40. The van der Waals surface area contributed by atoms with Crippen LogP contribution in [-0.2, 0) is 0 Å². The number of benzene rings is 7. The topological polar surface area (TPSA) is 38.9 Å². The van der Waals surface area contributed by atoms with Crippen LogP contribution in [0.1, 0.15) is 0 Å². The molecule has 0 aliphatic rings. The zero-order valence-electron chi connectivity index (χ0n) is 22.0. The van der Waals surface area contributed by atoms with E-state index in [2.05, 4.69) is 114 Å². The van der Waals surface area contributed by atoms with Gasteiger partial charge in [-0.3, -0.25) is 9.97 Å². The molecule has 3 nitrogen and oxygen atoms in total. The molecule has 2 heterocycles. The second-order valence-corrected chi connectivity index (χ2v) is 10.6. The average molecular weight is 523 g/mol. The van der Waals surface area contributed by atoms with Crippen LogP contribution >= 0.6 is 0 Å². The van der Waals surface area contributed by atoms with Gasteiger partial charge in [-0.15, -0.1) is 0 Å². The van der Waals surface area contributed by atoms with Crippen LogP contribution < -0.4 is 0 Å². The standard InChI is InChI=1S/C38H22N2O/c1-2-9-31-29(7-1)33-21-23(15-17-32(33)38-37(31)39-19-20-40-38)25-10-5-13-28-26(11-6-12-27(25)28)24-16-18-36-34(22-24)30-8-3-4-14-35(30)41-36/h1-22H. The van der Waals surface area contributed by atoms with Gasteiger partial charge in [-0.2, -0.15) is 0 Å². The van der Waals surface area contributed by atoms with E-state index in [9.17, 15) is 0 Å². The van der Waals surface area contributed by atoms with Crippen molar-refractivity contribution in [2.24, 2.45) is 0 Å². The molecule has 190 valence electrons. The van der Waals surface area contributed by atoms with Crippen LogP contribution in [-0.4, -0.2) is 9.97 Å². The molecule has 0 unspecified atom stereocenters. The number of rotatable bonds is 2. The van der Waals surface area contributed by atoms with E-state index in [0.29, 0.717) is 0 Å². The Morgan fingerprint density at radius 1 is 0.366 bits per heavy atom. The van der Waals surface area contributed by atoms with E-state index in [-0.39, 0.29) is 0 Å². The van der Waals surface area contributed by atoms with E-state index in [1.807, 2.05) is 12.1 Å². The quantitative estimate of drug-likeness (QED) is 0.212. The number of aromatic nitrogens is 2. The van der Waals surface area contributed by atoms with E-state index in [4.69, 9.17) is 9.40 Å². The minimum atomic E-state index is 0.913. The number of furan rings is 1. The van der Waals surface area contributed by atoms with Crippen molar-refractivity contribution in [2.75, 3.05) is 0 Å². The first kappa shape index (κ1) is 22.3. The predicted octanol–water partition coefficient (Wildman–Crippen LogP) is 10.3. The summed E-state index contributed by atoms with van der Waals surface area (Å²) in [7, 11) is 0. The first-order valence-electron chi connectivity index (χ1n) is 13.8. The SMILES string of the molecule is c1ccc2c(c1)oc1ccc(-c3cccc4c(-c5ccc6c(c5)c5ccccc5c5nccnc65)cccc34)cc12. The Kier molecular flexibility index (Phi) is 4.61. The Bertz CT molecular complexity index is 2450. The molecule has 0 radical (unpaired) electrons. The lowest BCUT2D eigenvalue weighted by Crippen LogP contribution is -1.90. The molecule has 9 aromatic rings. The highest BCUT2D eigenvalue weighted by molar-refractivity contribution is 6.23. The number of hydrogen-bond donors (Lipinski definition) is 0. The molecule has 0 spiro atoms. The summed E-state index contributed by atoms with van der Waals surface area (Å²) < 4.78 is 6.09. The summed E-state index contributed by atoms with van der Waals surface area (Å²) in [6, 6.07) is 43.2. The van der Waals surface area contributed by atoms with E-state index >= 15 is 0 Å². The van der Waals surface area contributed by atoms with Crippen LogP contribution in [0.3, 0.4) is 0 Å². The molecule has 0 amide bonds. The molecule has 0 aliphatic heterocycles. The summed E-state index contributed by atoms with van der Waals surface area (Å²) in [5.74, 6) is 0. The largest absolute Gasteiger partial charge is 0.456 e. The van der Waals surface area contributed by atoms with Gasteiger partial charge in [-0.25, -0.2) is 0 Å². The van der Waals surface area contributed by atoms with Gasteiger partial charge in [0.15, 0.2) is 0 Å². The van der Waals surface area contributed by atoms with Crippen LogP contribution in [0, 0.1) is 0 Å². The van der Waals surface area contributed by atoms with Crippen molar-refractivity contribution in [3.05, 3.63) is 134 Å². The predicted molar refractivity (Wildman–Crippen MR) is 170 cm³/mol. The van der Waals surface area contributed by atoms with E-state index in [1.54, 1.807) is 12.4 Å². The second kappa shape index (κ2) is 8.48. The molecular formula is C38H22N2O. The first-order valence-corrected chi connectivity index (χ1v) is 13.8. The normalized spacial score (nSPS) is 11.9. The minimum Gasteiger partial charge on any atom is -0.456 e. The van der Waals surface area contributed by atoms with Gasteiger partial charge < -0.3 is 4.42 Å². The number of hydrogen-bond acceptors (Lipinski definition) is 3. The zero-order chi connectivity index (χ0) is 26.9. The fourth-order valence-corrected chi connectivity index (χ4v) is 6.50. The highest BCUT2D eigenvalue weighted by atomic mass is 16.3. The maximum absolute atomic E-state index is 6.09. The van der Waals surface area contributed by atoms with Crippen molar-refractivity contribution in [3.63, 3.8) is 0 Å². The van der Waals surface area contributed by atoms with Crippen molar-refractivity contribution >= 4 is 65.3 Å². The molecule has 7 aromatic carbocycles. The van der Waals surface area contributed by atoms with Crippen molar-refractivity contribution < 1.29 is 4.42 Å². The third-order valence-corrected chi connectivity index (χ3v) is 8.37. The molecule has 0 saturated heterocycles. The first-order chi connectivity index (χ1) is 20.3. The molecule has 2 aromatic heterocycles. The lowest BCUT2D eigenvalue weighted by Gasteiger charge is -2.14. The van der Waals surface area contributed by atoms with Gasteiger partial charge in [0, 0.05) is 33.9 Å². The molecule has 9 rings (SSSR count). The Morgan fingerprint density at radius 3 is 1.63 bits per heavy atom. The fraction of sp³-hybridized carbons (Fsp3) is 0. The molecular weight excluding hydrogens is 500 g/mol. The van der Waals surface area contributed by atoms with E-state index in [0.717, 1.165) is 43.7 Å². The summed E-state index contributed by atoms with van der Waals surface area (Å²) in [5, 5.41) is 9.38. The van der Waals surface area contributed by atoms with Crippen molar-refractivity contribution in [1.29, 1.82) is 0 Å². The Balaban J connectivity index is 1.27. The van der Waals surface area contributed by atoms with Crippen LogP contribution in [0.5, 0.6) is 0 Å². The zero-order valence-corrected chi connectivity index (χ0v) is 22.0. The summed E-state index contributed by atoms with van der Waals surface area (Å²) in [6.07, 6.45) is 3.55. The van der Waals surface area contributed by atoms with Crippen molar-refractivity contribution in [1.82, 2.24) is 9.97 Å². The van der Waals surface area contributed by atoms with E-state index in [1.165, 1.54) is 43.8 Å². The lowest BCUT2D eigenvalue weighted by molar-refractivity contribution is 0.669. The molecule has 0 aliphatic carbocycles. The summed E-state index contributed by atoms with van der Waals surface area (Å²) in [4.78, 5) is 9.41. The minimum absolute atomic E-state index is 0.913. The highest BCUT2D eigenvalue weighted by Gasteiger charge is 2.14. The Labute approximate surface area is 235 Å². The molecule has 0 fully saturated rings. The van der Waals surface area contributed by atoms with Crippen LogP contribution in [0.4, 0.5) is 0 Å². The molecule has 0 bridgehead atoms. The average Bonchev–Trinajstić information content (AvgIpc) is 3.42. The number of para-hydroxylation sites is 1. The van der Waals surface area contributed by atoms with Gasteiger partial charge in [0.2, 0.25) is 0 Å². The van der Waals surface area contributed by atoms with Gasteiger partial charge >= 0.3 is 0 Å². The van der Waals surface area contributed by atoms with Gasteiger partial charge in [0.05, 0.1) is 11.0 Å². The number of fused-ring (bicyclic) bond motifs is 10. The number of nitrogens with zero attached hydrogens (tertiary/aromatic N) is 2. The summed E-state index contributed by atoms with van der Waals surface area (Å²) in [5.41, 5.74) is 8.51. The lowest BCUT2D eigenvalue weighted by atomic mass is 9.91. The third kappa shape index (κ3) is 3.26. The molecule has 41 heavy (non-hydrogen) atoms. The fourth-order valence-electron chi connectivity index (χ4n) is 6.50. The third-order valence-electron chi connectivity index (χ3n) is 8.37. The molecule has 0 N–H and O–H groups in total. The van der Waals surface area contributed by atoms with Crippen LogP contribution in [0.2, 0.25) is 0 Å². The summed E-state index contributed by atoms with van der Waals surface area (Å²) in [6.45, 7) is 0. The van der Waals surface area contributed by atoms with Gasteiger partial charge in [-0.1, -0.05) is 97.1 Å². The van der Waals surface area contributed by atoms with Gasteiger partial charge in [0.25, 0.3) is 0 Å².